The standard InChI is InChI=1S/C12H14ClNO3/c1-16-10-4-3-9(17-7-6-13)8-2-5-11(15)14-12(8)10/h3-4H,2,5-7H2,1H3,(H,14,15). The number of carbonyl (C=O) groups is 1. The first-order chi connectivity index (χ1) is 8.26. The van der Waals surface area contributed by atoms with Crippen molar-refractivity contribution in [3.05, 3.63) is 17.7 Å². The van der Waals surface area contributed by atoms with Crippen molar-refractivity contribution in [3.63, 3.8) is 0 Å². The third-order valence-electron chi connectivity index (χ3n) is 2.65. The summed E-state index contributed by atoms with van der Waals surface area (Å²) in [5.74, 6) is 1.87. The largest absolute Gasteiger partial charge is 0.495 e. The minimum absolute atomic E-state index is 0.00490. The van der Waals surface area contributed by atoms with Crippen LogP contribution in [-0.2, 0) is 11.2 Å². The van der Waals surface area contributed by atoms with E-state index in [9.17, 15) is 4.79 Å². The number of halogens is 1. The maximum absolute atomic E-state index is 11.4. The number of anilines is 1. The number of fused-ring (bicyclic) bond motifs is 1. The summed E-state index contributed by atoms with van der Waals surface area (Å²) < 4.78 is 10.8. The molecule has 1 aromatic carbocycles. The highest BCUT2D eigenvalue weighted by Crippen LogP contribution is 2.38. The number of alkyl halides is 1. The lowest BCUT2D eigenvalue weighted by atomic mass is 10.0. The Labute approximate surface area is 105 Å². The van der Waals surface area contributed by atoms with Gasteiger partial charge < -0.3 is 14.8 Å². The zero-order valence-electron chi connectivity index (χ0n) is 9.59. The minimum atomic E-state index is 0.00490. The van der Waals surface area contributed by atoms with Crippen LogP contribution in [0.2, 0.25) is 0 Å². The summed E-state index contributed by atoms with van der Waals surface area (Å²) in [5.41, 5.74) is 1.70. The molecule has 1 aliphatic rings. The zero-order chi connectivity index (χ0) is 12.3. The van der Waals surface area contributed by atoms with Crippen molar-refractivity contribution in [1.29, 1.82) is 0 Å². The molecule has 17 heavy (non-hydrogen) atoms. The average Bonchev–Trinajstić information content (AvgIpc) is 2.35. The molecule has 0 saturated carbocycles. The van der Waals surface area contributed by atoms with Crippen LogP contribution >= 0.6 is 11.6 Å². The van der Waals surface area contributed by atoms with Gasteiger partial charge in [0.15, 0.2) is 0 Å². The molecule has 1 aromatic rings. The molecule has 4 nitrogen and oxygen atoms in total. The van der Waals surface area contributed by atoms with E-state index in [1.165, 1.54) is 0 Å². The van der Waals surface area contributed by atoms with Crippen LogP contribution in [-0.4, -0.2) is 25.5 Å². The average molecular weight is 256 g/mol. The number of nitrogens with one attached hydrogen (secondary N) is 1. The molecular formula is C12H14ClNO3. The molecule has 1 aliphatic heterocycles. The molecule has 0 radical (unpaired) electrons. The Hall–Kier alpha value is -1.42. The van der Waals surface area contributed by atoms with E-state index in [-0.39, 0.29) is 5.91 Å². The molecule has 0 saturated heterocycles. The number of methoxy groups -OCH3 is 1. The summed E-state index contributed by atoms with van der Waals surface area (Å²) >= 11 is 5.60. The van der Waals surface area contributed by atoms with Crippen molar-refractivity contribution < 1.29 is 14.3 Å². The van der Waals surface area contributed by atoms with E-state index in [1.54, 1.807) is 13.2 Å². The molecule has 1 N–H and O–H groups in total. The van der Waals surface area contributed by atoms with Crippen LogP contribution in [0.3, 0.4) is 0 Å². The summed E-state index contributed by atoms with van der Waals surface area (Å²) in [6.45, 7) is 0.453. The predicted octanol–water partition coefficient (Wildman–Crippen LogP) is 2.20. The van der Waals surface area contributed by atoms with E-state index in [0.717, 1.165) is 17.0 Å². The normalized spacial score (nSPS) is 13.9. The number of carbonyl (C=O) groups excluding carboxylic acids is 1. The number of amides is 1. The van der Waals surface area contributed by atoms with Crippen molar-refractivity contribution in [2.24, 2.45) is 0 Å². The Morgan fingerprint density at radius 1 is 1.35 bits per heavy atom. The van der Waals surface area contributed by atoms with Gasteiger partial charge in [0.1, 0.15) is 18.1 Å². The first kappa shape index (κ1) is 12.0. The molecule has 0 spiro atoms. The van der Waals surface area contributed by atoms with Gasteiger partial charge in [-0.25, -0.2) is 0 Å². The third kappa shape index (κ3) is 2.47. The van der Waals surface area contributed by atoms with E-state index in [4.69, 9.17) is 21.1 Å². The van der Waals surface area contributed by atoms with Crippen LogP contribution in [0.5, 0.6) is 11.5 Å². The second-order valence-electron chi connectivity index (χ2n) is 3.71. The van der Waals surface area contributed by atoms with E-state index < -0.39 is 0 Å². The van der Waals surface area contributed by atoms with Crippen LogP contribution in [0.15, 0.2) is 12.1 Å². The first-order valence-electron chi connectivity index (χ1n) is 5.44. The number of hydrogen-bond acceptors (Lipinski definition) is 3. The minimum Gasteiger partial charge on any atom is -0.495 e. The molecule has 1 heterocycles. The molecule has 0 bridgehead atoms. The van der Waals surface area contributed by atoms with Gasteiger partial charge in [0.25, 0.3) is 0 Å². The molecule has 1 amide bonds. The topological polar surface area (TPSA) is 47.6 Å². The second-order valence-corrected chi connectivity index (χ2v) is 4.08. The fourth-order valence-electron chi connectivity index (χ4n) is 1.89. The maximum atomic E-state index is 11.4. The summed E-state index contributed by atoms with van der Waals surface area (Å²) in [5, 5.41) is 2.82. The Balaban J connectivity index is 2.37. The highest BCUT2D eigenvalue weighted by Gasteiger charge is 2.22. The van der Waals surface area contributed by atoms with Gasteiger partial charge in [-0.1, -0.05) is 0 Å². The summed E-state index contributed by atoms with van der Waals surface area (Å²) in [6.07, 6.45) is 1.13. The van der Waals surface area contributed by atoms with Gasteiger partial charge in [0, 0.05) is 12.0 Å². The van der Waals surface area contributed by atoms with E-state index in [1.807, 2.05) is 6.07 Å². The summed E-state index contributed by atoms with van der Waals surface area (Å²) in [6, 6.07) is 3.63. The van der Waals surface area contributed by atoms with E-state index in [0.29, 0.717) is 31.1 Å². The van der Waals surface area contributed by atoms with Gasteiger partial charge in [-0.2, -0.15) is 0 Å². The summed E-state index contributed by atoms with van der Waals surface area (Å²) in [7, 11) is 1.58. The van der Waals surface area contributed by atoms with Crippen molar-refractivity contribution in [2.45, 2.75) is 12.8 Å². The van der Waals surface area contributed by atoms with Crippen LogP contribution in [0.25, 0.3) is 0 Å². The fourth-order valence-corrected chi connectivity index (χ4v) is 1.96. The number of benzene rings is 1. The maximum Gasteiger partial charge on any atom is 0.224 e. The van der Waals surface area contributed by atoms with Gasteiger partial charge in [-0.15, -0.1) is 11.6 Å². The summed E-state index contributed by atoms with van der Waals surface area (Å²) in [4.78, 5) is 11.4. The monoisotopic (exact) mass is 255 g/mol. The van der Waals surface area contributed by atoms with Crippen molar-refractivity contribution >= 4 is 23.2 Å². The third-order valence-corrected chi connectivity index (χ3v) is 2.81. The van der Waals surface area contributed by atoms with Crippen molar-refractivity contribution in [2.75, 3.05) is 24.9 Å². The predicted molar refractivity (Wildman–Crippen MR) is 66.2 cm³/mol. The lowest BCUT2D eigenvalue weighted by Crippen LogP contribution is -2.20. The Morgan fingerprint density at radius 2 is 2.12 bits per heavy atom. The molecular weight excluding hydrogens is 242 g/mol. The Morgan fingerprint density at radius 3 is 2.82 bits per heavy atom. The molecule has 0 unspecified atom stereocenters. The van der Waals surface area contributed by atoms with Gasteiger partial charge in [-0.05, 0) is 18.6 Å². The molecule has 0 aromatic heterocycles. The molecule has 0 aliphatic carbocycles. The Kier molecular flexibility index (Phi) is 3.74. The zero-order valence-corrected chi connectivity index (χ0v) is 10.3. The van der Waals surface area contributed by atoms with E-state index in [2.05, 4.69) is 5.32 Å². The molecule has 0 fully saturated rings. The van der Waals surface area contributed by atoms with Gasteiger partial charge in [0.05, 0.1) is 18.7 Å². The second kappa shape index (κ2) is 5.27. The molecule has 5 heteroatoms. The first-order valence-corrected chi connectivity index (χ1v) is 5.98. The van der Waals surface area contributed by atoms with E-state index >= 15 is 0 Å². The van der Waals surface area contributed by atoms with Gasteiger partial charge in [-0.3, -0.25) is 4.79 Å². The quantitative estimate of drug-likeness (QED) is 0.839. The van der Waals surface area contributed by atoms with Crippen LogP contribution in [0.1, 0.15) is 12.0 Å². The Bertz CT molecular complexity index is 434. The molecule has 92 valence electrons. The SMILES string of the molecule is COc1ccc(OCCCl)c2c1NC(=O)CC2. The lowest BCUT2D eigenvalue weighted by Gasteiger charge is -2.22. The van der Waals surface area contributed by atoms with Crippen LogP contribution in [0, 0.1) is 0 Å². The highest BCUT2D eigenvalue weighted by molar-refractivity contribution is 6.18. The van der Waals surface area contributed by atoms with Gasteiger partial charge in [0.2, 0.25) is 5.91 Å². The number of hydrogen-bond donors (Lipinski definition) is 1. The smallest absolute Gasteiger partial charge is 0.224 e. The molecule has 2 rings (SSSR count). The van der Waals surface area contributed by atoms with Crippen molar-refractivity contribution in [1.82, 2.24) is 0 Å². The van der Waals surface area contributed by atoms with Gasteiger partial charge >= 0.3 is 0 Å². The lowest BCUT2D eigenvalue weighted by molar-refractivity contribution is -0.116. The van der Waals surface area contributed by atoms with Crippen LogP contribution in [0.4, 0.5) is 5.69 Å². The molecule has 0 atom stereocenters. The number of ether oxygens (including phenoxy) is 2. The van der Waals surface area contributed by atoms with Crippen molar-refractivity contribution in [3.8, 4) is 11.5 Å². The van der Waals surface area contributed by atoms with Crippen LogP contribution < -0.4 is 14.8 Å². The highest BCUT2D eigenvalue weighted by atomic mass is 35.5. The number of rotatable bonds is 4. The fraction of sp³-hybridized carbons (Fsp3) is 0.417.